The summed E-state index contributed by atoms with van der Waals surface area (Å²) < 4.78 is 5.50. The Morgan fingerprint density at radius 3 is 1.90 bits per heavy atom. The van der Waals surface area contributed by atoms with Crippen molar-refractivity contribution in [1.29, 1.82) is 5.41 Å². The fourth-order valence-electron chi connectivity index (χ4n) is 5.48. The quantitative estimate of drug-likeness (QED) is 0.274. The first-order valence-corrected chi connectivity index (χ1v) is 14.4. The Morgan fingerprint density at radius 1 is 0.925 bits per heavy atom. The van der Waals surface area contributed by atoms with Crippen molar-refractivity contribution in [3.8, 4) is 5.75 Å². The summed E-state index contributed by atoms with van der Waals surface area (Å²) in [5.41, 5.74) is 2.31. The number of nitrogens with one attached hydrogen (secondary N) is 1. The molecule has 0 spiro atoms. The molecule has 6 nitrogen and oxygen atoms in total. The van der Waals surface area contributed by atoms with Crippen LogP contribution in [0, 0.1) is 11.3 Å². The summed E-state index contributed by atoms with van der Waals surface area (Å²) in [6.45, 7) is 20.6. The van der Waals surface area contributed by atoms with Crippen molar-refractivity contribution in [2.24, 2.45) is 5.92 Å². The zero-order valence-electron chi connectivity index (χ0n) is 26.1. The van der Waals surface area contributed by atoms with Crippen LogP contribution in [0.1, 0.15) is 125 Å². The minimum Gasteiger partial charge on any atom is -0.507 e. The van der Waals surface area contributed by atoms with Crippen molar-refractivity contribution in [3.63, 3.8) is 0 Å². The molecule has 0 aliphatic carbocycles. The third kappa shape index (κ3) is 7.13. The molecule has 1 aliphatic heterocycles. The summed E-state index contributed by atoms with van der Waals surface area (Å²) >= 11 is 0. The molecule has 2 aromatic rings. The minimum atomic E-state index is -0.568. The molecule has 1 saturated heterocycles. The number of carbonyl (C=O) groups is 2. The number of aromatic hydroxyl groups is 1. The number of amidine groups is 1. The van der Waals surface area contributed by atoms with Gasteiger partial charge in [-0.15, -0.1) is 0 Å². The average Bonchev–Trinajstić information content (AvgIpc) is 3.11. The maximum Gasteiger partial charge on any atom is 0.338 e. The largest absolute Gasteiger partial charge is 0.507 e. The van der Waals surface area contributed by atoms with E-state index in [1.165, 1.54) is 0 Å². The average molecular weight is 549 g/mol. The summed E-state index contributed by atoms with van der Waals surface area (Å²) in [6, 6.07) is 11.0. The Kier molecular flexibility index (Phi) is 8.93. The van der Waals surface area contributed by atoms with Crippen molar-refractivity contribution in [3.05, 3.63) is 64.2 Å². The van der Waals surface area contributed by atoms with Crippen molar-refractivity contribution < 1.29 is 19.4 Å². The van der Waals surface area contributed by atoms with E-state index in [1.807, 2.05) is 91.5 Å². The van der Waals surface area contributed by atoms with E-state index in [-0.39, 0.29) is 46.7 Å². The summed E-state index contributed by atoms with van der Waals surface area (Å²) in [4.78, 5) is 28.1. The van der Waals surface area contributed by atoms with E-state index in [9.17, 15) is 14.7 Å². The number of phenols is 1. The lowest BCUT2D eigenvalue weighted by Gasteiger charge is -2.28. The Labute approximate surface area is 240 Å². The lowest BCUT2D eigenvalue weighted by Crippen LogP contribution is -2.32. The molecule has 0 bridgehead atoms. The van der Waals surface area contributed by atoms with Crippen LogP contribution in [-0.4, -0.2) is 46.3 Å². The van der Waals surface area contributed by atoms with Crippen LogP contribution in [0.5, 0.6) is 5.75 Å². The van der Waals surface area contributed by atoms with Crippen LogP contribution in [0.2, 0.25) is 0 Å². The SMILES string of the molecule is CCCC1CN(CC(=O)c2cc(C(C)(C)C)c(O)c(C(C)(C)C)c2)C(=N)C1c1ccc(C(=O)OC(C)(C)C)cc1. The van der Waals surface area contributed by atoms with Gasteiger partial charge in [-0.2, -0.15) is 0 Å². The first kappa shape index (κ1) is 31.4. The van der Waals surface area contributed by atoms with Gasteiger partial charge in [0.05, 0.1) is 12.1 Å². The zero-order valence-corrected chi connectivity index (χ0v) is 26.1. The second-order valence-electron chi connectivity index (χ2n) is 14.3. The third-order valence-corrected chi connectivity index (χ3v) is 7.51. The molecule has 0 saturated carbocycles. The van der Waals surface area contributed by atoms with Gasteiger partial charge in [0.1, 0.15) is 17.2 Å². The monoisotopic (exact) mass is 548 g/mol. The fourth-order valence-corrected chi connectivity index (χ4v) is 5.48. The first-order chi connectivity index (χ1) is 18.3. The predicted molar refractivity (Wildman–Crippen MR) is 162 cm³/mol. The van der Waals surface area contributed by atoms with Crippen LogP contribution in [0.25, 0.3) is 0 Å². The normalized spacial score (nSPS) is 18.2. The standard InChI is InChI=1S/C34H48N2O4/c1-11-12-23-19-36(30(35)28(23)21-13-15-22(16-14-21)31(39)40-34(8,9)10)20-27(37)24-17-25(32(2,3)4)29(38)26(18-24)33(5,6)7/h13-18,23,28,35,38H,11-12,19-20H2,1-10H3. The maximum absolute atomic E-state index is 13.7. The molecular formula is C34H48N2O4. The van der Waals surface area contributed by atoms with Crippen LogP contribution in [0.3, 0.4) is 0 Å². The molecule has 6 heteroatoms. The highest BCUT2D eigenvalue weighted by Crippen LogP contribution is 2.41. The molecule has 2 aromatic carbocycles. The van der Waals surface area contributed by atoms with Crippen molar-refractivity contribution >= 4 is 17.6 Å². The molecule has 0 amide bonds. The smallest absolute Gasteiger partial charge is 0.338 e. The van der Waals surface area contributed by atoms with Gasteiger partial charge in [-0.25, -0.2) is 4.79 Å². The predicted octanol–water partition coefficient (Wildman–Crippen LogP) is 7.62. The Hall–Kier alpha value is -3.15. The minimum absolute atomic E-state index is 0.0584. The van der Waals surface area contributed by atoms with Gasteiger partial charge in [0.15, 0.2) is 5.78 Å². The number of carbonyl (C=O) groups excluding carboxylic acids is 2. The number of ether oxygens (including phenoxy) is 1. The highest BCUT2D eigenvalue weighted by atomic mass is 16.6. The number of nitrogens with zero attached hydrogens (tertiary/aromatic N) is 1. The van der Waals surface area contributed by atoms with Crippen LogP contribution < -0.4 is 0 Å². The Bertz CT molecular complexity index is 1220. The second-order valence-corrected chi connectivity index (χ2v) is 14.3. The Balaban J connectivity index is 1.88. The molecule has 3 rings (SSSR count). The molecule has 218 valence electrons. The Morgan fingerprint density at radius 2 is 1.45 bits per heavy atom. The lowest BCUT2D eigenvalue weighted by molar-refractivity contribution is 0.00693. The summed E-state index contributed by atoms with van der Waals surface area (Å²) in [7, 11) is 0. The van der Waals surface area contributed by atoms with Gasteiger partial charge in [0.2, 0.25) is 0 Å². The zero-order chi connectivity index (χ0) is 30.2. The number of esters is 1. The highest BCUT2D eigenvalue weighted by molar-refractivity contribution is 6.01. The van der Waals surface area contributed by atoms with E-state index in [2.05, 4.69) is 6.92 Å². The highest BCUT2D eigenvalue weighted by Gasteiger charge is 2.39. The van der Waals surface area contributed by atoms with E-state index in [0.29, 0.717) is 23.5 Å². The van der Waals surface area contributed by atoms with Crippen molar-refractivity contribution in [1.82, 2.24) is 4.90 Å². The van der Waals surface area contributed by atoms with Gasteiger partial charge in [-0.05, 0) is 73.8 Å². The van der Waals surface area contributed by atoms with E-state index in [4.69, 9.17) is 10.1 Å². The van der Waals surface area contributed by atoms with Crippen LogP contribution in [0.4, 0.5) is 0 Å². The summed E-state index contributed by atoms with van der Waals surface area (Å²) in [5.74, 6) is 0.322. The van der Waals surface area contributed by atoms with E-state index >= 15 is 0 Å². The number of hydrogen-bond acceptors (Lipinski definition) is 5. The van der Waals surface area contributed by atoms with Gasteiger partial charge in [-0.3, -0.25) is 10.2 Å². The number of benzene rings is 2. The van der Waals surface area contributed by atoms with Gasteiger partial charge in [0.25, 0.3) is 0 Å². The number of rotatable bonds is 7. The van der Waals surface area contributed by atoms with Crippen LogP contribution >= 0.6 is 0 Å². The molecule has 40 heavy (non-hydrogen) atoms. The maximum atomic E-state index is 13.7. The van der Waals surface area contributed by atoms with Gasteiger partial charge in [-0.1, -0.05) is 67.0 Å². The third-order valence-electron chi connectivity index (χ3n) is 7.51. The summed E-state index contributed by atoms with van der Waals surface area (Å²) in [6.07, 6.45) is 1.92. The fraction of sp³-hybridized carbons (Fsp3) is 0.559. The molecular weight excluding hydrogens is 500 g/mol. The lowest BCUT2D eigenvalue weighted by atomic mass is 9.78. The van der Waals surface area contributed by atoms with E-state index in [0.717, 1.165) is 29.5 Å². The molecule has 2 unspecified atom stereocenters. The van der Waals surface area contributed by atoms with Crippen molar-refractivity contribution in [2.75, 3.05) is 13.1 Å². The molecule has 1 fully saturated rings. The molecule has 1 heterocycles. The van der Waals surface area contributed by atoms with Gasteiger partial charge < -0.3 is 14.7 Å². The van der Waals surface area contributed by atoms with Crippen LogP contribution in [0.15, 0.2) is 36.4 Å². The molecule has 0 aromatic heterocycles. The van der Waals surface area contributed by atoms with Crippen LogP contribution in [-0.2, 0) is 15.6 Å². The molecule has 2 N–H and O–H groups in total. The first-order valence-electron chi connectivity index (χ1n) is 14.4. The molecule has 1 aliphatic rings. The van der Waals surface area contributed by atoms with E-state index < -0.39 is 5.60 Å². The topological polar surface area (TPSA) is 90.7 Å². The van der Waals surface area contributed by atoms with E-state index in [1.54, 1.807) is 12.1 Å². The molecule has 0 radical (unpaired) electrons. The number of Topliss-reactive ketones (excluding diaryl/α,β-unsaturated/α-hetero) is 1. The molecule has 2 atom stereocenters. The summed E-state index contributed by atoms with van der Waals surface area (Å²) in [5, 5.41) is 20.2. The number of ketones is 1. The number of hydrogen-bond donors (Lipinski definition) is 2. The number of phenolic OH excluding ortho intramolecular Hbond substituents is 1. The van der Waals surface area contributed by atoms with Gasteiger partial charge in [0, 0.05) is 29.2 Å². The number of likely N-dealkylation sites (tertiary alicyclic amines) is 1. The second kappa shape index (κ2) is 11.4. The van der Waals surface area contributed by atoms with Crippen molar-refractivity contribution in [2.45, 2.75) is 104 Å². The van der Waals surface area contributed by atoms with Gasteiger partial charge >= 0.3 is 5.97 Å².